The highest BCUT2D eigenvalue weighted by Crippen LogP contribution is 2.26. The topological polar surface area (TPSA) is 53.6 Å². The minimum Gasteiger partial charge on any atom is -0.497 e. The standard InChI is InChI=1S/C18H27N3O2.2ClH/c1-23-17-6-2-5-16(11-17)21-9-7-14(13-21)12-20-18(22)10-15-4-3-8-19-15;;/h2,5-6,11,14-15,19H,3-4,7-10,12-13H2,1H3,(H,20,22);2*1H. The van der Waals surface area contributed by atoms with Crippen molar-refractivity contribution in [3.8, 4) is 5.75 Å². The average molecular weight is 390 g/mol. The van der Waals surface area contributed by atoms with E-state index in [2.05, 4.69) is 27.7 Å². The lowest BCUT2D eigenvalue weighted by Crippen LogP contribution is -2.35. The predicted molar refractivity (Wildman–Crippen MR) is 106 cm³/mol. The van der Waals surface area contributed by atoms with Crippen LogP contribution in [0.4, 0.5) is 5.69 Å². The normalized spacial score (nSPS) is 22.0. The first-order valence-electron chi connectivity index (χ1n) is 8.63. The van der Waals surface area contributed by atoms with Crippen LogP contribution in [0, 0.1) is 5.92 Å². The summed E-state index contributed by atoms with van der Waals surface area (Å²) in [5.74, 6) is 1.61. The second-order valence-corrected chi connectivity index (χ2v) is 6.60. The minimum absolute atomic E-state index is 0. The number of benzene rings is 1. The SMILES string of the molecule is COc1cccc(N2CCC(CNC(=O)CC3CCCN3)C2)c1.Cl.Cl. The van der Waals surface area contributed by atoms with E-state index in [1.165, 1.54) is 12.1 Å². The maximum absolute atomic E-state index is 12.0. The van der Waals surface area contributed by atoms with E-state index in [1.54, 1.807) is 7.11 Å². The molecule has 0 radical (unpaired) electrons. The maximum Gasteiger partial charge on any atom is 0.221 e. The number of nitrogens with one attached hydrogen (secondary N) is 2. The van der Waals surface area contributed by atoms with E-state index in [9.17, 15) is 4.79 Å². The van der Waals surface area contributed by atoms with Crippen molar-refractivity contribution in [2.75, 3.05) is 38.2 Å². The van der Waals surface area contributed by atoms with Crippen LogP contribution in [0.1, 0.15) is 25.7 Å². The molecule has 1 aromatic carbocycles. The van der Waals surface area contributed by atoms with Crippen molar-refractivity contribution >= 4 is 36.4 Å². The Hall–Kier alpha value is -1.17. The molecule has 0 spiro atoms. The van der Waals surface area contributed by atoms with Crippen LogP contribution >= 0.6 is 24.8 Å². The van der Waals surface area contributed by atoms with Gasteiger partial charge in [-0.2, -0.15) is 0 Å². The van der Waals surface area contributed by atoms with Crippen LogP contribution in [0.15, 0.2) is 24.3 Å². The van der Waals surface area contributed by atoms with E-state index in [4.69, 9.17) is 4.74 Å². The molecular formula is C18H29Cl2N3O2. The number of carbonyl (C=O) groups excluding carboxylic acids is 1. The summed E-state index contributed by atoms with van der Waals surface area (Å²) in [6, 6.07) is 8.57. The van der Waals surface area contributed by atoms with Gasteiger partial charge in [-0.3, -0.25) is 4.79 Å². The van der Waals surface area contributed by atoms with Crippen LogP contribution in [0.25, 0.3) is 0 Å². The van der Waals surface area contributed by atoms with Gasteiger partial charge in [0.25, 0.3) is 0 Å². The van der Waals surface area contributed by atoms with E-state index in [-0.39, 0.29) is 30.7 Å². The van der Waals surface area contributed by atoms with Gasteiger partial charge in [0.15, 0.2) is 0 Å². The van der Waals surface area contributed by atoms with Crippen molar-refractivity contribution in [1.82, 2.24) is 10.6 Å². The molecule has 142 valence electrons. The molecule has 1 aromatic rings. The monoisotopic (exact) mass is 389 g/mol. The summed E-state index contributed by atoms with van der Waals surface area (Å²) in [5, 5.41) is 6.49. The Morgan fingerprint density at radius 2 is 2.20 bits per heavy atom. The highest BCUT2D eigenvalue weighted by Gasteiger charge is 2.24. The zero-order valence-corrected chi connectivity index (χ0v) is 16.3. The third kappa shape index (κ3) is 6.24. The molecule has 7 heteroatoms. The number of ether oxygens (including phenoxy) is 1. The van der Waals surface area contributed by atoms with Gasteiger partial charge in [0, 0.05) is 43.9 Å². The van der Waals surface area contributed by atoms with Crippen LogP contribution in [-0.4, -0.2) is 45.2 Å². The van der Waals surface area contributed by atoms with Crippen molar-refractivity contribution in [2.45, 2.75) is 31.7 Å². The van der Waals surface area contributed by atoms with Crippen LogP contribution in [0.2, 0.25) is 0 Å². The Morgan fingerprint density at radius 1 is 1.36 bits per heavy atom. The Bertz CT molecular complexity index is 539. The molecule has 0 aromatic heterocycles. The molecule has 2 unspecified atom stereocenters. The number of halogens is 2. The summed E-state index contributed by atoms with van der Waals surface area (Å²) >= 11 is 0. The van der Waals surface area contributed by atoms with E-state index >= 15 is 0 Å². The van der Waals surface area contributed by atoms with Gasteiger partial charge in [0.1, 0.15) is 5.75 Å². The van der Waals surface area contributed by atoms with Gasteiger partial charge in [-0.05, 0) is 43.9 Å². The van der Waals surface area contributed by atoms with Crippen LogP contribution < -0.4 is 20.3 Å². The van der Waals surface area contributed by atoms with E-state index in [0.717, 1.165) is 44.8 Å². The molecule has 2 aliphatic heterocycles. The summed E-state index contributed by atoms with van der Waals surface area (Å²) in [5.41, 5.74) is 1.20. The Kier molecular flexibility index (Phi) is 9.39. The fourth-order valence-electron chi connectivity index (χ4n) is 3.53. The van der Waals surface area contributed by atoms with Crippen LogP contribution in [0.3, 0.4) is 0 Å². The molecule has 3 rings (SSSR count). The number of methoxy groups -OCH3 is 1. The highest BCUT2D eigenvalue weighted by molar-refractivity contribution is 5.85. The number of carbonyl (C=O) groups is 1. The van der Waals surface area contributed by atoms with Crippen molar-refractivity contribution in [3.63, 3.8) is 0 Å². The quantitative estimate of drug-likeness (QED) is 0.784. The molecule has 5 nitrogen and oxygen atoms in total. The Morgan fingerprint density at radius 3 is 2.92 bits per heavy atom. The van der Waals surface area contributed by atoms with Crippen molar-refractivity contribution in [1.29, 1.82) is 0 Å². The number of anilines is 1. The second kappa shape index (κ2) is 10.7. The Balaban J connectivity index is 0.00000156. The molecule has 2 heterocycles. The number of amides is 1. The fraction of sp³-hybridized carbons (Fsp3) is 0.611. The molecule has 2 N–H and O–H groups in total. The van der Waals surface area contributed by atoms with Gasteiger partial charge in [0.05, 0.1) is 7.11 Å². The first kappa shape index (κ1) is 21.9. The lowest BCUT2D eigenvalue weighted by molar-refractivity contribution is -0.121. The molecule has 0 aliphatic carbocycles. The molecule has 2 atom stereocenters. The minimum atomic E-state index is 0. The first-order valence-corrected chi connectivity index (χ1v) is 8.63. The largest absolute Gasteiger partial charge is 0.497 e. The number of hydrogen-bond donors (Lipinski definition) is 2. The van der Waals surface area contributed by atoms with Crippen LogP contribution in [-0.2, 0) is 4.79 Å². The summed E-state index contributed by atoms with van der Waals surface area (Å²) in [6.07, 6.45) is 4.06. The maximum atomic E-state index is 12.0. The number of rotatable bonds is 6. The van der Waals surface area contributed by atoms with Crippen molar-refractivity contribution in [3.05, 3.63) is 24.3 Å². The zero-order chi connectivity index (χ0) is 16.1. The van der Waals surface area contributed by atoms with Gasteiger partial charge in [0.2, 0.25) is 5.91 Å². The van der Waals surface area contributed by atoms with Gasteiger partial charge >= 0.3 is 0 Å². The van der Waals surface area contributed by atoms with Gasteiger partial charge in [-0.25, -0.2) is 0 Å². The third-order valence-electron chi connectivity index (χ3n) is 4.89. The molecule has 25 heavy (non-hydrogen) atoms. The molecule has 0 saturated carbocycles. The van der Waals surface area contributed by atoms with Gasteiger partial charge in [-0.1, -0.05) is 6.07 Å². The third-order valence-corrected chi connectivity index (χ3v) is 4.89. The smallest absolute Gasteiger partial charge is 0.221 e. The van der Waals surface area contributed by atoms with Crippen molar-refractivity contribution in [2.24, 2.45) is 5.92 Å². The summed E-state index contributed by atoms with van der Waals surface area (Å²) in [4.78, 5) is 14.4. The predicted octanol–water partition coefficient (Wildman–Crippen LogP) is 2.62. The van der Waals surface area contributed by atoms with E-state index in [1.807, 2.05) is 12.1 Å². The molecule has 1 amide bonds. The Labute approximate surface area is 162 Å². The van der Waals surface area contributed by atoms with Crippen LogP contribution in [0.5, 0.6) is 5.75 Å². The molecule has 2 aliphatic rings. The van der Waals surface area contributed by atoms with E-state index < -0.39 is 0 Å². The molecule has 2 fully saturated rings. The summed E-state index contributed by atoms with van der Waals surface area (Å²) in [6.45, 7) is 3.87. The zero-order valence-electron chi connectivity index (χ0n) is 14.7. The summed E-state index contributed by atoms with van der Waals surface area (Å²) < 4.78 is 5.29. The van der Waals surface area contributed by atoms with Gasteiger partial charge < -0.3 is 20.3 Å². The second-order valence-electron chi connectivity index (χ2n) is 6.60. The highest BCUT2D eigenvalue weighted by atomic mass is 35.5. The molecule has 2 saturated heterocycles. The number of hydrogen-bond acceptors (Lipinski definition) is 4. The molecule has 0 bridgehead atoms. The first-order chi connectivity index (χ1) is 11.2. The average Bonchev–Trinajstić information content (AvgIpc) is 3.24. The van der Waals surface area contributed by atoms with Crippen molar-refractivity contribution < 1.29 is 9.53 Å². The lowest BCUT2D eigenvalue weighted by atomic mass is 10.1. The molecular weight excluding hydrogens is 361 g/mol. The summed E-state index contributed by atoms with van der Waals surface area (Å²) in [7, 11) is 1.70. The van der Waals surface area contributed by atoms with Gasteiger partial charge in [-0.15, -0.1) is 24.8 Å². The number of nitrogens with zero attached hydrogens (tertiary/aromatic N) is 1. The lowest BCUT2D eigenvalue weighted by Gasteiger charge is -2.19. The fourth-order valence-corrected chi connectivity index (χ4v) is 3.53. The van der Waals surface area contributed by atoms with E-state index in [0.29, 0.717) is 18.4 Å².